The first kappa shape index (κ1) is 17.4. The Balaban J connectivity index is 1.34. The topological polar surface area (TPSA) is 80.7 Å². The molecule has 1 aromatic heterocycles. The van der Waals surface area contributed by atoms with Crippen LogP contribution in [0.25, 0.3) is 0 Å². The van der Waals surface area contributed by atoms with Gasteiger partial charge in [-0.15, -0.1) is 0 Å². The lowest BCUT2D eigenvalue weighted by atomic mass is 10.0. The summed E-state index contributed by atoms with van der Waals surface area (Å²) in [6.45, 7) is 0.268. The first-order chi connectivity index (χ1) is 13.6. The number of aromatic nitrogens is 1. The van der Waals surface area contributed by atoms with Crippen molar-refractivity contribution in [3.05, 3.63) is 59.8 Å². The highest BCUT2D eigenvalue weighted by Crippen LogP contribution is 2.51. The Hall–Kier alpha value is -2.71. The minimum atomic E-state index is -0.925. The van der Waals surface area contributed by atoms with Crippen molar-refractivity contribution in [1.82, 2.24) is 4.98 Å². The second kappa shape index (κ2) is 6.72. The molecule has 1 saturated carbocycles. The Labute approximate surface area is 169 Å². The Morgan fingerprint density at radius 1 is 1.18 bits per heavy atom. The zero-order chi connectivity index (χ0) is 19.1. The van der Waals surface area contributed by atoms with Crippen LogP contribution in [0.2, 0.25) is 0 Å². The maximum Gasteiger partial charge on any atom is 0.336 e. The van der Waals surface area contributed by atoms with E-state index in [-0.39, 0.29) is 12.3 Å². The molecule has 0 unspecified atom stereocenters. The SMILES string of the molecule is O=C(O)c1ccccc1Sc1cnc(NC2(c3ccc4c(c3)OCO4)CC2)s1. The third-order valence-corrected chi connectivity index (χ3v) is 6.92. The molecule has 0 bridgehead atoms. The molecule has 5 rings (SSSR count). The highest BCUT2D eigenvalue weighted by molar-refractivity contribution is 8.01. The van der Waals surface area contributed by atoms with Crippen molar-refractivity contribution >= 4 is 34.2 Å². The molecule has 0 atom stereocenters. The van der Waals surface area contributed by atoms with Gasteiger partial charge in [-0.2, -0.15) is 0 Å². The zero-order valence-corrected chi connectivity index (χ0v) is 16.3. The highest BCUT2D eigenvalue weighted by Gasteiger charge is 2.45. The standard InChI is InChI=1S/C20H16N2O4S2/c23-18(24)13-3-1-2-4-16(13)27-17-10-21-19(28-17)22-20(7-8-20)12-5-6-14-15(9-12)26-11-25-14/h1-6,9-10H,7-8,11H2,(H,21,22)(H,23,24). The number of nitrogens with one attached hydrogen (secondary N) is 1. The summed E-state index contributed by atoms with van der Waals surface area (Å²) in [6.07, 6.45) is 3.83. The van der Waals surface area contributed by atoms with Crippen LogP contribution in [0.3, 0.4) is 0 Å². The average molecular weight is 412 g/mol. The van der Waals surface area contributed by atoms with Crippen molar-refractivity contribution in [2.45, 2.75) is 27.5 Å². The molecule has 2 aromatic carbocycles. The lowest BCUT2D eigenvalue weighted by molar-refractivity contribution is 0.0693. The van der Waals surface area contributed by atoms with Crippen LogP contribution >= 0.6 is 23.1 Å². The molecule has 142 valence electrons. The molecule has 0 saturated heterocycles. The molecule has 0 radical (unpaired) electrons. The van der Waals surface area contributed by atoms with E-state index < -0.39 is 5.97 Å². The molecule has 2 N–H and O–H groups in total. The Kier molecular flexibility index (Phi) is 4.17. The molecular weight excluding hydrogens is 396 g/mol. The van der Waals surface area contributed by atoms with Gasteiger partial charge in [0.15, 0.2) is 16.6 Å². The number of rotatable bonds is 6. The van der Waals surface area contributed by atoms with Crippen LogP contribution < -0.4 is 14.8 Å². The summed E-state index contributed by atoms with van der Waals surface area (Å²) in [5.41, 5.74) is 1.34. The van der Waals surface area contributed by atoms with Crippen LogP contribution in [0.15, 0.2) is 57.8 Å². The summed E-state index contributed by atoms with van der Waals surface area (Å²) in [7, 11) is 0. The first-order valence-electron chi connectivity index (χ1n) is 8.77. The second-order valence-corrected chi connectivity index (χ2v) is 9.04. The number of carbonyl (C=O) groups is 1. The van der Waals surface area contributed by atoms with Crippen LogP contribution in [0, 0.1) is 0 Å². The maximum atomic E-state index is 11.4. The molecular formula is C20H16N2O4S2. The average Bonchev–Trinajstić information content (AvgIpc) is 3.11. The Morgan fingerprint density at radius 2 is 2.00 bits per heavy atom. The number of fused-ring (bicyclic) bond motifs is 1. The quantitative estimate of drug-likeness (QED) is 0.601. The number of hydrogen-bond donors (Lipinski definition) is 2. The summed E-state index contributed by atoms with van der Waals surface area (Å²) in [5.74, 6) is 0.640. The molecule has 2 heterocycles. The zero-order valence-electron chi connectivity index (χ0n) is 14.7. The normalized spacial score (nSPS) is 16.0. The number of hydrogen-bond acceptors (Lipinski definition) is 7. The maximum absolute atomic E-state index is 11.4. The molecule has 0 spiro atoms. The van der Waals surface area contributed by atoms with Gasteiger partial charge in [0.05, 0.1) is 21.5 Å². The largest absolute Gasteiger partial charge is 0.478 e. The van der Waals surface area contributed by atoms with Gasteiger partial charge in [0.25, 0.3) is 0 Å². The molecule has 1 aliphatic carbocycles. The predicted octanol–water partition coefficient (Wildman–Crippen LogP) is 4.82. The van der Waals surface area contributed by atoms with E-state index in [2.05, 4.69) is 16.4 Å². The molecule has 1 fully saturated rings. The van der Waals surface area contributed by atoms with Gasteiger partial charge in [0.2, 0.25) is 6.79 Å². The molecule has 6 nitrogen and oxygen atoms in total. The molecule has 8 heteroatoms. The van der Waals surface area contributed by atoms with E-state index in [1.165, 1.54) is 23.1 Å². The van der Waals surface area contributed by atoms with E-state index in [1.807, 2.05) is 24.3 Å². The van der Waals surface area contributed by atoms with E-state index in [4.69, 9.17) is 9.47 Å². The van der Waals surface area contributed by atoms with Crippen molar-refractivity contribution < 1.29 is 19.4 Å². The number of thiazole rings is 1. The van der Waals surface area contributed by atoms with Gasteiger partial charge >= 0.3 is 5.97 Å². The van der Waals surface area contributed by atoms with Crippen LogP contribution in [-0.4, -0.2) is 22.9 Å². The van der Waals surface area contributed by atoms with Crippen LogP contribution in [0.1, 0.15) is 28.8 Å². The molecule has 28 heavy (non-hydrogen) atoms. The van der Waals surface area contributed by atoms with Gasteiger partial charge in [-0.05, 0) is 42.7 Å². The van der Waals surface area contributed by atoms with Crippen molar-refractivity contribution in [3.8, 4) is 11.5 Å². The lowest BCUT2D eigenvalue weighted by Gasteiger charge is -2.17. The van der Waals surface area contributed by atoms with E-state index >= 15 is 0 Å². The van der Waals surface area contributed by atoms with Gasteiger partial charge in [-0.3, -0.25) is 0 Å². The van der Waals surface area contributed by atoms with Crippen molar-refractivity contribution in [1.29, 1.82) is 0 Å². The van der Waals surface area contributed by atoms with Gasteiger partial charge < -0.3 is 19.9 Å². The van der Waals surface area contributed by atoms with Gasteiger partial charge in [0, 0.05) is 4.90 Å². The smallest absolute Gasteiger partial charge is 0.336 e. The predicted molar refractivity (Wildman–Crippen MR) is 107 cm³/mol. The van der Waals surface area contributed by atoms with Crippen molar-refractivity contribution in [3.63, 3.8) is 0 Å². The van der Waals surface area contributed by atoms with Crippen LogP contribution in [-0.2, 0) is 5.54 Å². The van der Waals surface area contributed by atoms with Crippen LogP contribution in [0.5, 0.6) is 11.5 Å². The molecule has 2 aliphatic rings. The van der Waals surface area contributed by atoms with E-state index in [1.54, 1.807) is 18.3 Å². The van der Waals surface area contributed by atoms with Crippen LogP contribution in [0.4, 0.5) is 5.13 Å². The monoisotopic (exact) mass is 412 g/mol. The fraction of sp³-hybridized carbons (Fsp3) is 0.200. The number of carboxylic acid groups (broad SMARTS) is 1. The molecule has 1 aliphatic heterocycles. The lowest BCUT2D eigenvalue weighted by Crippen LogP contribution is -2.18. The summed E-state index contributed by atoms with van der Waals surface area (Å²) >= 11 is 2.95. The van der Waals surface area contributed by atoms with Gasteiger partial charge in [-0.25, -0.2) is 9.78 Å². The van der Waals surface area contributed by atoms with E-state index in [0.29, 0.717) is 10.5 Å². The fourth-order valence-corrected chi connectivity index (χ4v) is 5.27. The number of anilines is 1. The number of ether oxygens (including phenoxy) is 2. The van der Waals surface area contributed by atoms with Gasteiger partial charge in [-0.1, -0.05) is 41.3 Å². The van der Waals surface area contributed by atoms with E-state index in [9.17, 15) is 9.90 Å². The highest BCUT2D eigenvalue weighted by atomic mass is 32.2. The molecule has 3 aromatic rings. The number of benzene rings is 2. The summed E-state index contributed by atoms with van der Waals surface area (Å²) < 4.78 is 11.8. The Morgan fingerprint density at radius 3 is 2.82 bits per heavy atom. The number of nitrogens with zero attached hydrogens (tertiary/aromatic N) is 1. The van der Waals surface area contributed by atoms with Crippen molar-refractivity contribution in [2.24, 2.45) is 0 Å². The summed E-state index contributed by atoms with van der Waals surface area (Å²) in [4.78, 5) is 16.6. The second-order valence-electron chi connectivity index (χ2n) is 6.66. The summed E-state index contributed by atoms with van der Waals surface area (Å²) in [5, 5.41) is 13.7. The third-order valence-electron chi connectivity index (χ3n) is 4.83. The van der Waals surface area contributed by atoms with Crippen molar-refractivity contribution in [2.75, 3.05) is 12.1 Å². The van der Waals surface area contributed by atoms with Gasteiger partial charge in [0.1, 0.15) is 0 Å². The number of aromatic carboxylic acids is 1. The fourth-order valence-electron chi connectivity index (χ4n) is 3.21. The first-order valence-corrected chi connectivity index (χ1v) is 10.4. The molecule has 0 amide bonds. The minimum absolute atomic E-state index is 0.125. The third kappa shape index (κ3) is 3.18. The number of carboxylic acids is 1. The Bertz CT molecular complexity index is 1060. The minimum Gasteiger partial charge on any atom is -0.478 e. The van der Waals surface area contributed by atoms with E-state index in [0.717, 1.165) is 39.2 Å². The summed E-state index contributed by atoms with van der Waals surface area (Å²) in [6, 6.07) is 13.1.